The van der Waals surface area contributed by atoms with Crippen molar-refractivity contribution < 1.29 is 14.4 Å². The van der Waals surface area contributed by atoms with E-state index >= 15 is 0 Å². The van der Waals surface area contributed by atoms with Gasteiger partial charge >= 0.3 is 0 Å². The van der Waals surface area contributed by atoms with Crippen LogP contribution in [0.15, 0.2) is 24.3 Å². The number of nitrogens with zero attached hydrogens (tertiary/aromatic N) is 2. The third-order valence-corrected chi connectivity index (χ3v) is 6.34. The zero-order chi connectivity index (χ0) is 22.9. The van der Waals surface area contributed by atoms with Crippen molar-refractivity contribution in [1.29, 1.82) is 0 Å². The van der Waals surface area contributed by atoms with Crippen molar-refractivity contribution >= 4 is 23.4 Å². The first kappa shape index (κ1) is 24.2. The molecular formula is C25H38N4O3. The van der Waals surface area contributed by atoms with Gasteiger partial charge in [-0.2, -0.15) is 0 Å². The smallest absolute Gasteiger partial charge is 0.253 e. The number of carbonyl (C=O) groups is 3. The monoisotopic (exact) mass is 442 g/mol. The molecule has 0 bridgehead atoms. The Labute approximate surface area is 191 Å². The third-order valence-electron chi connectivity index (χ3n) is 6.34. The van der Waals surface area contributed by atoms with Gasteiger partial charge in [0.1, 0.15) is 0 Å². The predicted octanol–water partition coefficient (Wildman–Crippen LogP) is 3.13. The van der Waals surface area contributed by atoms with Gasteiger partial charge in [0.25, 0.3) is 5.91 Å². The van der Waals surface area contributed by atoms with E-state index in [0.717, 1.165) is 51.9 Å². The molecular weight excluding hydrogens is 404 g/mol. The lowest BCUT2D eigenvalue weighted by atomic mass is 9.95. The van der Waals surface area contributed by atoms with Gasteiger partial charge < -0.3 is 15.5 Å². The Hall–Kier alpha value is -2.41. The molecule has 1 aromatic rings. The Balaban J connectivity index is 1.47. The maximum atomic E-state index is 12.9. The highest BCUT2D eigenvalue weighted by molar-refractivity contribution is 6.04. The molecule has 0 aliphatic carbocycles. The van der Waals surface area contributed by atoms with E-state index < -0.39 is 0 Å². The van der Waals surface area contributed by atoms with E-state index in [0.29, 0.717) is 29.6 Å². The van der Waals surface area contributed by atoms with Crippen LogP contribution in [0.4, 0.5) is 5.69 Å². The molecule has 0 aromatic heterocycles. The Kier molecular flexibility index (Phi) is 9.09. The number of carbonyl (C=O) groups excluding carboxylic acids is 3. The first-order valence-corrected chi connectivity index (χ1v) is 12.1. The SMILES string of the molecule is CC(C)CNC(=O)c1ccccc1NC(=O)CN1CCC(C(=O)N2CCCCCC2)CC1. The lowest BCUT2D eigenvalue weighted by molar-refractivity contribution is -0.137. The Morgan fingerprint density at radius 2 is 1.62 bits per heavy atom. The second kappa shape index (κ2) is 12.0. The highest BCUT2D eigenvalue weighted by Gasteiger charge is 2.29. The lowest BCUT2D eigenvalue weighted by Gasteiger charge is -2.33. The molecule has 2 N–H and O–H groups in total. The summed E-state index contributed by atoms with van der Waals surface area (Å²) in [6.07, 6.45) is 6.27. The fourth-order valence-electron chi connectivity index (χ4n) is 4.46. The van der Waals surface area contributed by atoms with E-state index in [9.17, 15) is 14.4 Å². The van der Waals surface area contributed by atoms with Crippen LogP contribution in [0.2, 0.25) is 0 Å². The lowest BCUT2D eigenvalue weighted by Crippen LogP contribution is -2.44. The normalized spacial score (nSPS) is 18.3. The molecule has 0 spiro atoms. The van der Waals surface area contributed by atoms with Crippen LogP contribution in [0.5, 0.6) is 0 Å². The second-order valence-corrected chi connectivity index (χ2v) is 9.49. The molecule has 2 fully saturated rings. The highest BCUT2D eigenvalue weighted by atomic mass is 16.2. The van der Waals surface area contributed by atoms with Crippen LogP contribution in [0.25, 0.3) is 0 Å². The van der Waals surface area contributed by atoms with Gasteiger partial charge in [-0.1, -0.05) is 38.8 Å². The number of anilines is 1. The van der Waals surface area contributed by atoms with Crippen molar-refractivity contribution in [1.82, 2.24) is 15.1 Å². The number of para-hydroxylation sites is 1. The van der Waals surface area contributed by atoms with Crippen molar-refractivity contribution in [2.24, 2.45) is 11.8 Å². The van der Waals surface area contributed by atoms with E-state index in [1.807, 2.05) is 19.9 Å². The third kappa shape index (κ3) is 7.05. The van der Waals surface area contributed by atoms with Crippen LogP contribution in [0.1, 0.15) is 62.7 Å². The van der Waals surface area contributed by atoms with E-state index in [4.69, 9.17) is 0 Å². The summed E-state index contributed by atoms with van der Waals surface area (Å²) >= 11 is 0. The Bertz CT molecular complexity index is 779. The molecule has 0 atom stereocenters. The van der Waals surface area contributed by atoms with Crippen LogP contribution in [-0.4, -0.2) is 66.8 Å². The number of nitrogens with one attached hydrogen (secondary N) is 2. The first-order valence-electron chi connectivity index (χ1n) is 12.1. The minimum Gasteiger partial charge on any atom is -0.352 e. The summed E-state index contributed by atoms with van der Waals surface area (Å²) in [4.78, 5) is 42.2. The van der Waals surface area contributed by atoms with Crippen LogP contribution in [0.3, 0.4) is 0 Å². The second-order valence-electron chi connectivity index (χ2n) is 9.49. The summed E-state index contributed by atoms with van der Waals surface area (Å²) in [7, 11) is 0. The maximum absolute atomic E-state index is 12.9. The highest BCUT2D eigenvalue weighted by Crippen LogP contribution is 2.22. The number of rotatable bonds is 7. The number of amides is 3. The Morgan fingerprint density at radius 1 is 0.969 bits per heavy atom. The van der Waals surface area contributed by atoms with Crippen LogP contribution >= 0.6 is 0 Å². The summed E-state index contributed by atoms with van der Waals surface area (Å²) in [6.45, 7) is 8.22. The average molecular weight is 443 g/mol. The molecule has 3 rings (SSSR count). The van der Waals surface area contributed by atoms with Gasteiger partial charge in [0.15, 0.2) is 0 Å². The minimum atomic E-state index is -0.178. The van der Waals surface area contributed by atoms with Crippen molar-refractivity contribution in [3.8, 4) is 0 Å². The molecule has 2 heterocycles. The van der Waals surface area contributed by atoms with Crippen LogP contribution in [0, 0.1) is 11.8 Å². The number of benzene rings is 1. The molecule has 3 amide bonds. The molecule has 32 heavy (non-hydrogen) atoms. The number of piperidine rings is 1. The van der Waals surface area contributed by atoms with Gasteiger partial charge in [-0.05, 0) is 56.8 Å². The standard InChI is InChI=1S/C25H38N4O3/c1-19(2)17-26-24(31)21-9-5-6-10-22(21)27-23(30)18-28-15-11-20(12-16-28)25(32)29-13-7-3-4-8-14-29/h5-6,9-10,19-20H,3-4,7-8,11-18H2,1-2H3,(H,26,31)(H,27,30). The van der Waals surface area contributed by atoms with Crippen molar-refractivity contribution in [3.63, 3.8) is 0 Å². The predicted molar refractivity (Wildman–Crippen MR) is 126 cm³/mol. The zero-order valence-corrected chi connectivity index (χ0v) is 19.6. The topological polar surface area (TPSA) is 81.8 Å². The molecule has 2 aliphatic rings. The molecule has 0 radical (unpaired) electrons. The van der Waals surface area contributed by atoms with Crippen molar-refractivity contribution in [2.45, 2.75) is 52.4 Å². The van der Waals surface area contributed by atoms with Crippen LogP contribution < -0.4 is 10.6 Å². The van der Waals surface area contributed by atoms with E-state index in [2.05, 4.69) is 20.4 Å². The zero-order valence-electron chi connectivity index (χ0n) is 19.6. The summed E-state index contributed by atoms with van der Waals surface area (Å²) in [5, 5.41) is 5.81. The maximum Gasteiger partial charge on any atom is 0.253 e. The quantitative estimate of drug-likeness (QED) is 0.680. The fraction of sp³-hybridized carbons (Fsp3) is 0.640. The molecule has 7 nitrogen and oxygen atoms in total. The first-order chi connectivity index (χ1) is 15.4. The van der Waals surface area contributed by atoms with E-state index in [1.54, 1.807) is 18.2 Å². The van der Waals surface area contributed by atoms with Gasteiger partial charge in [0, 0.05) is 25.6 Å². The van der Waals surface area contributed by atoms with Gasteiger partial charge in [-0.3, -0.25) is 19.3 Å². The molecule has 176 valence electrons. The number of hydrogen-bond acceptors (Lipinski definition) is 4. The van der Waals surface area contributed by atoms with Crippen molar-refractivity contribution in [2.75, 3.05) is 44.6 Å². The fourth-order valence-corrected chi connectivity index (χ4v) is 4.46. The molecule has 2 aliphatic heterocycles. The summed E-state index contributed by atoms with van der Waals surface area (Å²) in [6, 6.07) is 7.10. The summed E-state index contributed by atoms with van der Waals surface area (Å²) in [5.41, 5.74) is 1.01. The van der Waals surface area contributed by atoms with E-state index in [-0.39, 0.29) is 24.3 Å². The minimum absolute atomic E-state index is 0.0813. The molecule has 2 saturated heterocycles. The van der Waals surface area contributed by atoms with Gasteiger partial charge in [0.2, 0.25) is 11.8 Å². The average Bonchev–Trinajstić information content (AvgIpc) is 3.07. The van der Waals surface area contributed by atoms with Crippen molar-refractivity contribution in [3.05, 3.63) is 29.8 Å². The largest absolute Gasteiger partial charge is 0.352 e. The van der Waals surface area contributed by atoms with Gasteiger partial charge in [0.05, 0.1) is 17.8 Å². The molecule has 0 saturated carbocycles. The summed E-state index contributed by atoms with van der Waals surface area (Å²) in [5.74, 6) is 0.429. The Morgan fingerprint density at radius 3 is 2.28 bits per heavy atom. The van der Waals surface area contributed by atoms with E-state index in [1.165, 1.54) is 12.8 Å². The number of hydrogen-bond donors (Lipinski definition) is 2. The molecule has 0 unspecified atom stereocenters. The summed E-state index contributed by atoms with van der Waals surface area (Å²) < 4.78 is 0. The van der Waals surface area contributed by atoms with Gasteiger partial charge in [-0.15, -0.1) is 0 Å². The van der Waals surface area contributed by atoms with Gasteiger partial charge in [-0.25, -0.2) is 0 Å². The number of likely N-dealkylation sites (tertiary alicyclic amines) is 2. The molecule has 7 heteroatoms. The van der Waals surface area contributed by atoms with Crippen LogP contribution in [-0.2, 0) is 9.59 Å². The molecule has 1 aromatic carbocycles.